The van der Waals surface area contributed by atoms with Crippen molar-refractivity contribution in [2.24, 2.45) is 0 Å². The first-order valence-electron chi connectivity index (χ1n) is 14.7. The molecular weight excluding hydrogens is 484 g/mol. The number of benzene rings is 1. The van der Waals surface area contributed by atoms with Gasteiger partial charge in [0.1, 0.15) is 0 Å². The fourth-order valence-electron chi connectivity index (χ4n) is 4.53. The molecule has 0 heterocycles. The van der Waals surface area contributed by atoms with Gasteiger partial charge >= 0.3 is 5.97 Å². The van der Waals surface area contributed by atoms with Gasteiger partial charge in [-0.15, -0.1) is 0 Å². The van der Waals surface area contributed by atoms with Crippen LogP contribution in [-0.4, -0.2) is 56.7 Å². The number of likely N-dealkylation sites (N-methyl/N-ethyl adjacent to an activating group) is 1. The minimum absolute atomic E-state index is 0. The number of nitrogens with zero attached hydrogens (tertiary/aromatic N) is 1. The highest BCUT2D eigenvalue weighted by Crippen LogP contribution is 2.13. The first-order valence-corrected chi connectivity index (χ1v) is 14.7. The van der Waals surface area contributed by atoms with E-state index in [4.69, 9.17) is 4.74 Å². The number of ether oxygens (including phenoxy) is 1. The Bertz CT molecular complexity index is 682. The number of amides is 1. The zero-order chi connectivity index (χ0) is 26.3. The molecule has 1 amide bonds. The number of carbonyl (C=O) groups is 2. The molecule has 1 aromatic rings. The van der Waals surface area contributed by atoms with Crippen LogP contribution in [-0.2, 0) is 20.7 Å². The molecule has 5 nitrogen and oxygen atoms in total. The third kappa shape index (κ3) is 22.1. The van der Waals surface area contributed by atoms with Crippen molar-refractivity contribution in [3.8, 4) is 0 Å². The monoisotopic (exact) mass is 538 g/mol. The number of quaternary nitrogens is 1. The zero-order valence-corrected chi connectivity index (χ0v) is 24.8. The van der Waals surface area contributed by atoms with E-state index in [0.29, 0.717) is 30.6 Å². The highest BCUT2D eigenvalue weighted by atomic mass is 35.5. The van der Waals surface area contributed by atoms with E-state index in [9.17, 15) is 9.59 Å². The van der Waals surface area contributed by atoms with Gasteiger partial charge in [0.2, 0.25) is 5.91 Å². The van der Waals surface area contributed by atoms with Crippen LogP contribution < -0.4 is 17.7 Å². The van der Waals surface area contributed by atoms with Gasteiger partial charge in [-0.1, -0.05) is 114 Å². The number of esters is 1. The normalized spacial score (nSPS) is 11.1. The van der Waals surface area contributed by atoms with Crippen molar-refractivity contribution in [3.05, 3.63) is 35.9 Å². The van der Waals surface area contributed by atoms with E-state index in [2.05, 4.69) is 12.2 Å². The topological polar surface area (TPSA) is 55.4 Å². The molecule has 214 valence electrons. The third-order valence-corrected chi connectivity index (χ3v) is 6.82. The lowest BCUT2D eigenvalue weighted by Crippen LogP contribution is -3.00. The lowest BCUT2D eigenvalue weighted by Gasteiger charge is -2.28. The Morgan fingerprint density at radius 3 is 1.89 bits per heavy atom. The molecular formula is C31H55ClN2O3. The lowest BCUT2D eigenvalue weighted by molar-refractivity contribution is -0.883. The molecule has 0 aliphatic heterocycles. The highest BCUT2D eigenvalue weighted by Gasteiger charge is 2.20. The molecule has 0 saturated carbocycles. The van der Waals surface area contributed by atoms with E-state index < -0.39 is 0 Å². The molecule has 0 fully saturated rings. The van der Waals surface area contributed by atoms with E-state index >= 15 is 0 Å². The molecule has 0 aliphatic carbocycles. The minimum atomic E-state index is -0.164. The van der Waals surface area contributed by atoms with Gasteiger partial charge < -0.3 is 26.9 Å². The molecule has 0 spiro atoms. The summed E-state index contributed by atoms with van der Waals surface area (Å²) in [6.07, 6.45) is 19.4. The molecule has 1 N–H and O–H groups in total. The van der Waals surface area contributed by atoms with Crippen LogP contribution in [0.4, 0.5) is 0 Å². The number of carbonyl (C=O) groups excluding carboxylic acids is 2. The second kappa shape index (κ2) is 23.5. The summed E-state index contributed by atoms with van der Waals surface area (Å²) in [6, 6.07) is 10.1. The van der Waals surface area contributed by atoms with Gasteiger partial charge in [-0.3, -0.25) is 4.79 Å². The van der Waals surface area contributed by atoms with Crippen LogP contribution in [0.5, 0.6) is 0 Å². The molecule has 1 aromatic carbocycles. The van der Waals surface area contributed by atoms with Crippen molar-refractivity contribution in [3.63, 3.8) is 0 Å². The second-order valence-electron chi connectivity index (χ2n) is 11.0. The Kier molecular flexibility index (Phi) is 22.5. The van der Waals surface area contributed by atoms with Gasteiger partial charge in [-0.05, 0) is 12.0 Å². The maximum atomic E-state index is 12.2. The summed E-state index contributed by atoms with van der Waals surface area (Å²) in [5.74, 6) is -0.00826. The predicted molar refractivity (Wildman–Crippen MR) is 151 cm³/mol. The quantitative estimate of drug-likeness (QED) is 0.131. The van der Waals surface area contributed by atoms with Gasteiger partial charge in [-0.2, -0.15) is 0 Å². The molecule has 0 atom stereocenters. The Balaban J connectivity index is 0.0000130. The smallest absolute Gasteiger partial charge is 0.361 e. The fraction of sp³-hybridized carbons (Fsp3) is 0.742. The van der Waals surface area contributed by atoms with Crippen LogP contribution >= 0.6 is 0 Å². The standard InChI is InChI=1S/C31H54N2O3.ClH/c1-4-5-6-7-8-9-10-11-12-13-14-15-19-23-30(34)32-25-20-26-33(2,3)28-31(35)36-27-24-29-21-17-16-18-22-29;/h16-18,21-22H,4-15,19-20,23-28H2,1-3H3;1H. The second-order valence-corrected chi connectivity index (χ2v) is 11.0. The zero-order valence-electron chi connectivity index (χ0n) is 24.1. The summed E-state index contributed by atoms with van der Waals surface area (Å²) < 4.78 is 5.98. The number of rotatable bonds is 23. The molecule has 0 unspecified atom stereocenters. The molecule has 0 aromatic heterocycles. The maximum absolute atomic E-state index is 12.2. The van der Waals surface area contributed by atoms with Crippen LogP contribution in [0.15, 0.2) is 30.3 Å². The van der Waals surface area contributed by atoms with Crippen LogP contribution in [0, 0.1) is 0 Å². The first-order chi connectivity index (χ1) is 17.4. The minimum Gasteiger partial charge on any atom is -1.00 e. The summed E-state index contributed by atoms with van der Waals surface area (Å²) in [5, 5.41) is 3.04. The summed E-state index contributed by atoms with van der Waals surface area (Å²) in [5.41, 5.74) is 1.17. The first kappa shape index (κ1) is 35.4. The average Bonchev–Trinajstić information content (AvgIpc) is 2.85. The molecule has 0 aliphatic rings. The Morgan fingerprint density at radius 2 is 1.32 bits per heavy atom. The van der Waals surface area contributed by atoms with E-state index in [1.165, 1.54) is 76.2 Å². The van der Waals surface area contributed by atoms with E-state index in [0.717, 1.165) is 32.2 Å². The van der Waals surface area contributed by atoms with Crippen LogP contribution in [0.2, 0.25) is 0 Å². The SMILES string of the molecule is CCCCCCCCCCCCCCCC(=O)NCCC[N+](C)(C)CC(=O)OCCc1ccccc1.[Cl-]. The van der Waals surface area contributed by atoms with Crippen LogP contribution in [0.25, 0.3) is 0 Å². The average molecular weight is 539 g/mol. The van der Waals surface area contributed by atoms with Gasteiger partial charge in [0.15, 0.2) is 6.54 Å². The van der Waals surface area contributed by atoms with Crippen molar-refractivity contribution >= 4 is 11.9 Å². The lowest BCUT2D eigenvalue weighted by atomic mass is 10.0. The molecule has 6 heteroatoms. The van der Waals surface area contributed by atoms with Gasteiger partial charge in [0.05, 0.1) is 27.2 Å². The summed E-state index contributed by atoms with van der Waals surface area (Å²) in [7, 11) is 4.07. The molecule has 1 rings (SSSR count). The fourth-order valence-corrected chi connectivity index (χ4v) is 4.53. The Morgan fingerprint density at radius 1 is 0.784 bits per heavy atom. The van der Waals surface area contributed by atoms with Gasteiger partial charge in [0, 0.05) is 25.8 Å². The van der Waals surface area contributed by atoms with Crippen molar-refractivity contribution in [2.75, 3.05) is 40.3 Å². The van der Waals surface area contributed by atoms with Crippen LogP contribution in [0.1, 0.15) is 109 Å². The maximum Gasteiger partial charge on any atom is 0.361 e. The number of unbranched alkanes of at least 4 members (excludes halogenated alkanes) is 12. The van der Waals surface area contributed by atoms with Gasteiger partial charge in [0.25, 0.3) is 0 Å². The van der Waals surface area contributed by atoms with E-state index in [1.807, 2.05) is 44.4 Å². The van der Waals surface area contributed by atoms with Crippen molar-refractivity contribution in [1.29, 1.82) is 0 Å². The molecule has 0 radical (unpaired) electrons. The third-order valence-electron chi connectivity index (χ3n) is 6.82. The van der Waals surface area contributed by atoms with E-state index in [-0.39, 0.29) is 24.3 Å². The van der Waals surface area contributed by atoms with Crippen molar-refractivity contribution < 1.29 is 31.2 Å². The summed E-state index contributed by atoms with van der Waals surface area (Å²) >= 11 is 0. The van der Waals surface area contributed by atoms with Gasteiger partial charge in [-0.25, -0.2) is 4.79 Å². The van der Waals surface area contributed by atoms with Crippen LogP contribution in [0.3, 0.4) is 0 Å². The number of hydrogen-bond donors (Lipinski definition) is 1. The molecule has 0 saturated heterocycles. The summed E-state index contributed by atoms with van der Waals surface area (Å²) in [6.45, 7) is 4.53. The largest absolute Gasteiger partial charge is 1.00 e. The molecule has 37 heavy (non-hydrogen) atoms. The number of halogens is 1. The molecule has 0 bridgehead atoms. The van der Waals surface area contributed by atoms with E-state index in [1.54, 1.807) is 0 Å². The Labute approximate surface area is 234 Å². The number of hydrogen-bond acceptors (Lipinski definition) is 3. The Hall–Kier alpha value is -1.59. The number of nitrogens with one attached hydrogen (secondary N) is 1. The predicted octanol–water partition coefficient (Wildman–Crippen LogP) is 3.84. The highest BCUT2D eigenvalue weighted by molar-refractivity contribution is 5.75. The summed E-state index contributed by atoms with van der Waals surface area (Å²) in [4.78, 5) is 24.3. The van der Waals surface area contributed by atoms with Crippen molar-refractivity contribution in [2.45, 2.75) is 110 Å². The van der Waals surface area contributed by atoms with Crippen molar-refractivity contribution in [1.82, 2.24) is 5.32 Å².